The molecule has 0 radical (unpaired) electrons. The molecule has 0 spiro atoms. The molecule has 6 heteroatoms. The first-order valence-electron chi connectivity index (χ1n) is 9.54. The van der Waals surface area contributed by atoms with Gasteiger partial charge in [0.05, 0.1) is 5.56 Å². The van der Waals surface area contributed by atoms with Crippen LogP contribution >= 0.6 is 0 Å². The summed E-state index contributed by atoms with van der Waals surface area (Å²) >= 11 is 0. The van der Waals surface area contributed by atoms with Gasteiger partial charge in [0.15, 0.2) is 0 Å². The second-order valence-electron chi connectivity index (χ2n) is 7.85. The van der Waals surface area contributed by atoms with Crippen LogP contribution in [0.1, 0.15) is 42.3 Å². The van der Waals surface area contributed by atoms with Crippen molar-refractivity contribution in [1.29, 1.82) is 0 Å². The lowest BCUT2D eigenvalue weighted by Crippen LogP contribution is -2.15. The zero-order valence-electron chi connectivity index (χ0n) is 16.9. The number of carbonyl (C=O) groups excluding carboxylic acids is 1. The Balaban J connectivity index is 1.54. The lowest BCUT2D eigenvalue weighted by atomic mass is 9.87. The van der Waals surface area contributed by atoms with E-state index >= 15 is 0 Å². The zero-order chi connectivity index (χ0) is 20.9. The van der Waals surface area contributed by atoms with Crippen LogP contribution in [0.15, 0.2) is 60.9 Å². The molecule has 1 aromatic heterocycles. The number of nitrogens with one attached hydrogen (secondary N) is 2. The van der Waals surface area contributed by atoms with Gasteiger partial charge in [0.2, 0.25) is 5.95 Å². The van der Waals surface area contributed by atoms with Gasteiger partial charge in [0, 0.05) is 24.6 Å². The van der Waals surface area contributed by atoms with E-state index in [-0.39, 0.29) is 17.1 Å². The molecule has 2 N–H and O–H groups in total. The zero-order valence-corrected chi connectivity index (χ0v) is 16.9. The third-order valence-electron chi connectivity index (χ3n) is 4.56. The molecule has 3 rings (SSSR count). The lowest BCUT2D eigenvalue weighted by molar-refractivity contribution is 0.102. The number of anilines is 2. The Bertz CT molecular complexity index is 963. The molecule has 0 unspecified atom stereocenters. The van der Waals surface area contributed by atoms with Crippen molar-refractivity contribution in [3.63, 3.8) is 0 Å². The number of nitrogens with zero attached hydrogens (tertiary/aromatic N) is 2. The van der Waals surface area contributed by atoms with Crippen LogP contribution in [0.25, 0.3) is 0 Å². The molecule has 0 bridgehead atoms. The molecule has 2 aromatic carbocycles. The van der Waals surface area contributed by atoms with Crippen LogP contribution in [-0.2, 0) is 11.8 Å². The summed E-state index contributed by atoms with van der Waals surface area (Å²) in [5.41, 5.74) is 2.98. The second-order valence-corrected chi connectivity index (χ2v) is 7.85. The summed E-state index contributed by atoms with van der Waals surface area (Å²) in [6.07, 6.45) is 3.46. The summed E-state index contributed by atoms with van der Waals surface area (Å²) in [4.78, 5) is 20.7. The van der Waals surface area contributed by atoms with Crippen molar-refractivity contribution in [2.24, 2.45) is 0 Å². The fourth-order valence-electron chi connectivity index (χ4n) is 2.80. The van der Waals surface area contributed by atoms with Crippen LogP contribution in [0.5, 0.6) is 0 Å². The van der Waals surface area contributed by atoms with Gasteiger partial charge in [-0.2, -0.15) is 0 Å². The van der Waals surface area contributed by atoms with Crippen LogP contribution in [0.2, 0.25) is 0 Å². The quantitative estimate of drug-likeness (QED) is 0.631. The average Bonchev–Trinajstić information content (AvgIpc) is 2.70. The highest BCUT2D eigenvalue weighted by molar-refractivity contribution is 6.03. The largest absolute Gasteiger partial charge is 0.354 e. The lowest BCUT2D eigenvalue weighted by Gasteiger charge is -2.19. The van der Waals surface area contributed by atoms with Gasteiger partial charge < -0.3 is 10.6 Å². The van der Waals surface area contributed by atoms with Gasteiger partial charge in [-0.15, -0.1) is 0 Å². The number of rotatable bonds is 6. The maximum Gasteiger partial charge on any atom is 0.258 e. The highest BCUT2D eigenvalue weighted by Gasteiger charge is 2.14. The molecule has 1 heterocycles. The first-order chi connectivity index (χ1) is 13.8. The Morgan fingerprint density at radius 1 is 1.00 bits per heavy atom. The van der Waals surface area contributed by atoms with Crippen molar-refractivity contribution in [3.8, 4) is 0 Å². The van der Waals surface area contributed by atoms with E-state index < -0.39 is 0 Å². The van der Waals surface area contributed by atoms with Gasteiger partial charge in [-0.25, -0.2) is 14.4 Å². The summed E-state index contributed by atoms with van der Waals surface area (Å²) in [7, 11) is 0. The molecule has 0 saturated carbocycles. The van der Waals surface area contributed by atoms with Crippen molar-refractivity contribution >= 4 is 17.5 Å². The number of benzene rings is 2. The minimum atomic E-state index is -0.272. The Labute approximate surface area is 170 Å². The van der Waals surface area contributed by atoms with Crippen LogP contribution in [-0.4, -0.2) is 22.4 Å². The van der Waals surface area contributed by atoms with Gasteiger partial charge in [-0.1, -0.05) is 51.1 Å². The smallest absolute Gasteiger partial charge is 0.258 e. The molecule has 0 fully saturated rings. The van der Waals surface area contributed by atoms with Gasteiger partial charge in [-0.3, -0.25) is 4.79 Å². The van der Waals surface area contributed by atoms with Crippen molar-refractivity contribution in [2.45, 2.75) is 32.6 Å². The van der Waals surface area contributed by atoms with Gasteiger partial charge >= 0.3 is 0 Å². The molecule has 0 aliphatic heterocycles. The number of carbonyl (C=O) groups is 1. The molecule has 1 amide bonds. The molecule has 0 atom stereocenters. The molecule has 29 heavy (non-hydrogen) atoms. The van der Waals surface area contributed by atoms with Crippen molar-refractivity contribution in [3.05, 3.63) is 83.4 Å². The minimum Gasteiger partial charge on any atom is -0.354 e. The molecule has 150 valence electrons. The van der Waals surface area contributed by atoms with Gasteiger partial charge in [0.1, 0.15) is 5.82 Å². The van der Waals surface area contributed by atoms with E-state index in [9.17, 15) is 9.18 Å². The van der Waals surface area contributed by atoms with E-state index in [4.69, 9.17) is 0 Å². The summed E-state index contributed by atoms with van der Waals surface area (Å²) in [5, 5.41) is 5.88. The maximum absolute atomic E-state index is 13.6. The molecule has 5 nitrogen and oxygen atoms in total. The summed E-state index contributed by atoms with van der Waals surface area (Å²) in [6.45, 7) is 6.92. The highest BCUT2D eigenvalue weighted by Crippen LogP contribution is 2.23. The predicted molar refractivity (Wildman–Crippen MR) is 114 cm³/mol. The molecule has 0 aliphatic carbocycles. The first-order valence-corrected chi connectivity index (χ1v) is 9.54. The molecular weight excluding hydrogens is 367 g/mol. The number of amides is 1. The summed E-state index contributed by atoms with van der Waals surface area (Å²) in [6, 6.07) is 14.5. The minimum absolute atomic E-state index is 0.0610. The molecule has 3 aromatic rings. The number of aromatic nitrogens is 2. The predicted octanol–water partition coefficient (Wildman–Crippen LogP) is 4.82. The third kappa shape index (κ3) is 5.60. The Morgan fingerprint density at radius 3 is 2.28 bits per heavy atom. The van der Waals surface area contributed by atoms with E-state index in [1.165, 1.54) is 24.0 Å². The van der Waals surface area contributed by atoms with Crippen LogP contribution in [0.3, 0.4) is 0 Å². The van der Waals surface area contributed by atoms with Gasteiger partial charge in [0.25, 0.3) is 5.91 Å². The fourth-order valence-corrected chi connectivity index (χ4v) is 2.80. The van der Waals surface area contributed by atoms with E-state index in [1.807, 2.05) is 24.3 Å². The summed E-state index contributed by atoms with van der Waals surface area (Å²) < 4.78 is 13.6. The number of hydrogen-bond acceptors (Lipinski definition) is 4. The average molecular weight is 392 g/mol. The van der Waals surface area contributed by atoms with Gasteiger partial charge in [-0.05, 0) is 41.2 Å². The summed E-state index contributed by atoms with van der Waals surface area (Å²) in [5.74, 6) is -0.100. The van der Waals surface area contributed by atoms with E-state index in [2.05, 4.69) is 41.4 Å². The Kier molecular flexibility index (Phi) is 6.22. The normalized spacial score (nSPS) is 11.2. The van der Waals surface area contributed by atoms with Crippen LogP contribution in [0.4, 0.5) is 16.0 Å². The SMILES string of the molecule is CC(C)(C)c1ccc(NC(=O)c2cnc(NCCc3ccccc3F)nc2)cc1. The molecular formula is C23H25FN4O. The van der Waals surface area contributed by atoms with E-state index in [0.717, 1.165) is 5.69 Å². The van der Waals surface area contributed by atoms with E-state index in [1.54, 1.807) is 18.2 Å². The Hall–Kier alpha value is -3.28. The number of halogens is 1. The topological polar surface area (TPSA) is 66.9 Å². The van der Waals surface area contributed by atoms with Crippen LogP contribution < -0.4 is 10.6 Å². The highest BCUT2D eigenvalue weighted by atomic mass is 19.1. The molecule has 0 saturated heterocycles. The van der Waals surface area contributed by atoms with Crippen LogP contribution in [0, 0.1) is 5.82 Å². The second kappa shape index (κ2) is 8.82. The van der Waals surface area contributed by atoms with Crippen molar-refractivity contribution in [2.75, 3.05) is 17.2 Å². The molecule has 0 aliphatic rings. The third-order valence-corrected chi connectivity index (χ3v) is 4.56. The maximum atomic E-state index is 13.6. The standard InChI is InChI=1S/C23H25FN4O/c1-23(2,3)18-8-10-19(11-9-18)28-21(29)17-14-26-22(27-15-17)25-13-12-16-6-4-5-7-20(16)24/h4-11,14-15H,12-13H2,1-3H3,(H,28,29)(H,25,26,27). The fraction of sp³-hybridized carbons (Fsp3) is 0.261. The Morgan fingerprint density at radius 2 is 1.66 bits per heavy atom. The van der Waals surface area contributed by atoms with E-state index in [0.29, 0.717) is 30.0 Å². The number of hydrogen-bond donors (Lipinski definition) is 2. The van der Waals surface area contributed by atoms with Crippen molar-refractivity contribution in [1.82, 2.24) is 9.97 Å². The van der Waals surface area contributed by atoms with Crippen molar-refractivity contribution < 1.29 is 9.18 Å². The first kappa shape index (κ1) is 20.5. The monoisotopic (exact) mass is 392 g/mol.